The number of nitrogens with zero attached hydrogens (tertiary/aromatic N) is 2. The summed E-state index contributed by atoms with van der Waals surface area (Å²) >= 11 is 0. The van der Waals surface area contributed by atoms with E-state index in [0.717, 1.165) is 56.5 Å². The first-order chi connectivity index (χ1) is 18.5. The Morgan fingerprint density at radius 2 is 2.00 bits per heavy atom. The first-order valence-corrected chi connectivity index (χ1v) is 14.2. The number of ether oxygens (including phenoxy) is 2. The van der Waals surface area contributed by atoms with Gasteiger partial charge in [0.2, 0.25) is 5.91 Å². The Bertz CT molecular complexity index is 1290. The van der Waals surface area contributed by atoms with Gasteiger partial charge in [-0.25, -0.2) is 0 Å². The minimum absolute atomic E-state index is 0.0175. The fourth-order valence-corrected chi connectivity index (χ4v) is 8.28. The molecule has 2 bridgehead atoms. The number of carbonyl (C=O) groups excluding carboxylic acids is 2. The number of hydrogen-bond acceptors (Lipinski definition) is 5. The van der Waals surface area contributed by atoms with Crippen LogP contribution in [0.5, 0.6) is 5.75 Å². The minimum atomic E-state index is -0.171. The molecule has 1 spiro atoms. The highest BCUT2D eigenvalue weighted by atomic mass is 16.5. The average molecular weight is 513 g/mol. The summed E-state index contributed by atoms with van der Waals surface area (Å²) < 4.78 is 12.3. The Balaban J connectivity index is 1.15. The molecule has 198 valence electrons. The predicted molar refractivity (Wildman–Crippen MR) is 145 cm³/mol. The number of hydrogen-bond donors (Lipinski definition) is 0. The van der Waals surface area contributed by atoms with Crippen LogP contribution in [0.2, 0.25) is 0 Å². The van der Waals surface area contributed by atoms with Crippen LogP contribution in [0, 0.1) is 11.8 Å². The summed E-state index contributed by atoms with van der Waals surface area (Å²) in [6, 6.07) is 17.1. The van der Waals surface area contributed by atoms with Crippen LogP contribution < -0.4 is 4.74 Å². The topological polar surface area (TPSA) is 59.1 Å². The number of esters is 1. The fraction of sp³-hybridized carbons (Fsp3) is 0.500. The third-order valence-corrected chi connectivity index (χ3v) is 10.0. The molecule has 2 aromatic rings. The number of piperidine rings is 1. The first kappa shape index (κ1) is 24.0. The molecule has 2 aromatic carbocycles. The Morgan fingerprint density at radius 1 is 1.16 bits per heavy atom. The molecule has 7 atom stereocenters. The summed E-state index contributed by atoms with van der Waals surface area (Å²) in [7, 11) is 1.95. The number of likely N-dealkylation sites (N-methyl/N-ethyl adjacent to an activating group) is 1. The molecule has 2 saturated carbocycles. The van der Waals surface area contributed by atoms with Gasteiger partial charge in [0.1, 0.15) is 18.0 Å². The molecular formula is C32H36N2O4. The molecule has 0 radical (unpaired) electrons. The Labute approximate surface area is 224 Å². The van der Waals surface area contributed by atoms with Crippen molar-refractivity contribution in [2.45, 2.75) is 68.7 Å². The lowest BCUT2D eigenvalue weighted by Crippen LogP contribution is -2.69. The van der Waals surface area contributed by atoms with Crippen LogP contribution in [0.1, 0.15) is 49.3 Å². The van der Waals surface area contributed by atoms with Crippen molar-refractivity contribution < 1.29 is 19.1 Å². The number of likely N-dealkylation sites (tertiary alicyclic amines) is 1. The maximum atomic E-state index is 13.3. The van der Waals surface area contributed by atoms with E-state index in [1.54, 1.807) is 6.08 Å². The van der Waals surface area contributed by atoms with Crippen LogP contribution in [0.25, 0.3) is 6.08 Å². The molecule has 0 aromatic heterocycles. The molecule has 5 aliphatic rings. The van der Waals surface area contributed by atoms with Crippen LogP contribution in [0.4, 0.5) is 0 Å². The third kappa shape index (κ3) is 3.71. The van der Waals surface area contributed by atoms with E-state index >= 15 is 0 Å². The quantitative estimate of drug-likeness (QED) is 0.429. The molecule has 2 aliphatic heterocycles. The van der Waals surface area contributed by atoms with Crippen LogP contribution in [-0.2, 0) is 26.2 Å². The molecule has 6 heteroatoms. The number of rotatable bonds is 6. The molecule has 3 fully saturated rings. The molecule has 1 amide bonds. The van der Waals surface area contributed by atoms with Gasteiger partial charge in [-0.2, -0.15) is 0 Å². The smallest absolute Gasteiger partial charge is 0.302 e. The van der Waals surface area contributed by atoms with E-state index in [2.05, 4.69) is 23.1 Å². The summed E-state index contributed by atoms with van der Waals surface area (Å²) in [6.07, 6.45) is 8.81. The van der Waals surface area contributed by atoms with Crippen LogP contribution in [0.15, 0.2) is 54.6 Å². The molecule has 1 saturated heterocycles. The summed E-state index contributed by atoms with van der Waals surface area (Å²) in [5, 5.41) is 0. The zero-order chi connectivity index (χ0) is 26.0. The summed E-state index contributed by atoms with van der Waals surface area (Å²) in [6.45, 7) is 3.53. The molecule has 3 aliphatic carbocycles. The van der Waals surface area contributed by atoms with Gasteiger partial charge in [0.05, 0.1) is 6.04 Å². The molecule has 7 rings (SSSR count). The van der Waals surface area contributed by atoms with Gasteiger partial charge in [0, 0.05) is 49.5 Å². The van der Waals surface area contributed by atoms with E-state index in [0.29, 0.717) is 17.9 Å². The highest BCUT2D eigenvalue weighted by Gasteiger charge is 2.66. The predicted octanol–water partition coefficient (Wildman–Crippen LogP) is 4.22. The van der Waals surface area contributed by atoms with E-state index < -0.39 is 0 Å². The van der Waals surface area contributed by atoms with Crippen LogP contribution in [0.3, 0.4) is 0 Å². The molecule has 2 heterocycles. The molecule has 2 unspecified atom stereocenters. The van der Waals surface area contributed by atoms with Crippen molar-refractivity contribution in [3.8, 4) is 5.75 Å². The highest BCUT2D eigenvalue weighted by Crippen LogP contribution is 2.62. The lowest BCUT2D eigenvalue weighted by atomic mass is 9.51. The highest BCUT2D eigenvalue weighted by molar-refractivity contribution is 5.92. The summed E-state index contributed by atoms with van der Waals surface area (Å²) in [4.78, 5) is 29.4. The van der Waals surface area contributed by atoms with Crippen molar-refractivity contribution in [1.82, 2.24) is 9.80 Å². The standard InChI is InChI=1S/C32H36N2O4/c1-20(35)37-28-18-23(28)19-34-16-15-32-24-12-13-25(33(2)29(36)14-11-21-7-4-3-5-8-21)31(32)38-27-10-6-9-22(30(27)32)17-26(24)34/h3-11,14,23-26,28,31H,12-13,15-19H2,1-2H3/t23?,24-,25-,26+,28?,31-,32-/m0/s1. The van der Waals surface area contributed by atoms with E-state index in [9.17, 15) is 9.59 Å². The van der Waals surface area contributed by atoms with Crippen molar-refractivity contribution in [2.24, 2.45) is 11.8 Å². The SMILES string of the molecule is CC(=O)OC1CC1CN1CC[C@]23c4c5cccc4O[C@H]2[C@@H](N(C)C(=O)C=Cc2ccccc2)CC[C@H]3[C@H]1C5. The normalized spacial score (nSPS) is 34.4. The largest absolute Gasteiger partial charge is 0.487 e. The Hall–Kier alpha value is -3.12. The van der Waals surface area contributed by atoms with Crippen molar-refractivity contribution in [3.63, 3.8) is 0 Å². The van der Waals surface area contributed by atoms with Gasteiger partial charge in [0.15, 0.2) is 0 Å². The lowest BCUT2D eigenvalue weighted by molar-refractivity contribution is -0.142. The van der Waals surface area contributed by atoms with Gasteiger partial charge >= 0.3 is 5.97 Å². The molecule has 0 N–H and O–H groups in total. The van der Waals surface area contributed by atoms with E-state index in [-0.39, 0.29) is 35.5 Å². The van der Waals surface area contributed by atoms with E-state index in [1.807, 2.05) is 48.4 Å². The minimum Gasteiger partial charge on any atom is -0.487 e. The molecule has 38 heavy (non-hydrogen) atoms. The van der Waals surface area contributed by atoms with Crippen LogP contribution in [-0.4, -0.2) is 66.1 Å². The maximum absolute atomic E-state index is 13.3. The summed E-state index contributed by atoms with van der Waals surface area (Å²) in [5.74, 6) is 1.86. The second-order valence-corrected chi connectivity index (χ2v) is 12.0. The second-order valence-electron chi connectivity index (χ2n) is 12.0. The van der Waals surface area contributed by atoms with Gasteiger partial charge in [-0.05, 0) is 67.8 Å². The zero-order valence-electron chi connectivity index (χ0n) is 22.2. The van der Waals surface area contributed by atoms with E-state index in [4.69, 9.17) is 9.47 Å². The fourth-order valence-electron chi connectivity index (χ4n) is 8.28. The van der Waals surface area contributed by atoms with Gasteiger partial charge in [-0.3, -0.25) is 14.5 Å². The molecular weight excluding hydrogens is 476 g/mol. The monoisotopic (exact) mass is 512 g/mol. The van der Waals surface area contributed by atoms with Crippen molar-refractivity contribution in [2.75, 3.05) is 20.1 Å². The van der Waals surface area contributed by atoms with Crippen molar-refractivity contribution in [1.29, 1.82) is 0 Å². The van der Waals surface area contributed by atoms with Crippen molar-refractivity contribution in [3.05, 3.63) is 71.3 Å². The van der Waals surface area contributed by atoms with Crippen molar-refractivity contribution >= 4 is 18.0 Å². The van der Waals surface area contributed by atoms with Crippen LogP contribution >= 0.6 is 0 Å². The number of benzene rings is 2. The Kier molecular flexibility index (Phi) is 5.66. The summed E-state index contributed by atoms with van der Waals surface area (Å²) in [5.41, 5.74) is 3.84. The van der Waals surface area contributed by atoms with Gasteiger partial charge in [-0.1, -0.05) is 42.5 Å². The second kappa shape index (κ2) is 8.98. The third-order valence-electron chi connectivity index (χ3n) is 10.0. The van der Waals surface area contributed by atoms with E-state index in [1.165, 1.54) is 18.1 Å². The Morgan fingerprint density at radius 3 is 2.82 bits per heavy atom. The first-order valence-electron chi connectivity index (χ1n) is 14.2. The van der Waals surface area contributed by atoms with Gasteiger partial charge in [0.25, 0.3) is 0 Å². The lowest BCUT2D eigenvalue weighted by Gasteiger charge is -2.60. The molecule has 6 nitrogen and oxygen atoms in total. The average Bonchev–Trinajstić information content (AvgIpc) is 3.54. The van der Waals surface area contributed by atoms with Gasteiger partial charge in [-0.15, -0.1) is 0 Å². The van der Waals surface area contributed by atoms with Gasteiger partial charge < -0.3 is 14.4 Å². The number of carbonyl (C=O) groups is 2. The zero-order valence-corrected chi connectivity index (χ0v) is 22.2. The number of amides is 1. The maximum Gasteiger partial charge on any atom is 0.302 e.